The number of para-hydroxylation sites is 3. The number of carbonyl (C=O) groups is 6. The van der Waals surface area contributed by atoms with E-state index in [9.17, 15) is 86.4 Å². The van der Waals surface area contributed by atoms with Crippen LogP contribution < -0.4 is 79.5 Å². The monoisotopic (exact) mass is 2060 g/mol. The standard InChI is InChI=1S/C20H26N2O3.C19H23NO5.C18H18F3NO4.C18H19F2NO4.C17H19ClN2O3.C17H19FN2O3/c1-13(2)16-7-8-18(22(24)20(23)21-5)17(11-16)12-25-19-9-6-14(3)10-15(19)4;1-5-24-17-8-6-7-15(18(17)20(22)19(21)23-4)12-25-16-10-9-13(2)11-14(16)3;1-11-7-8-15(12(2)9-11)26-10-13-5-4-6-14(18(19,20)21)16(13)22(24)17(23)25-3;1-11-7-8-15(12(2)9-11)25-10-13-5-4-6-14(17(19)20)16(13)21(23)18(22)24-3;2*1-11-4-7-16(12(2)8-11)23-10-13-9-14(18)5-6-15(13)20(22)17(21)19-3/h6-11,13,24H,12H2,1-5H3,(H,21,23);6-11,22H,5,12H2,1-4H3;4-9,24H,10H2,1-3H3;4-9,17,23H,10H2,1-3H3;2*4-9,22H,10H2,1-3H3,(H,19,21). The number of alkyl halides is 5. The van der Waals surface area contributed by atoms with Crippen LogP contribution in [0.3, 0.4) is 0 Å². The molecule has 0 unspecified atom stereocenters. The highest BCUT2D eigenvalue weighted by molar-refractivity contribution is 6.30. The van der Waals surface area contributed by atoms with E-state index in [1.54, 1.807) is 54.6 Å². The van der Waals surface area contributed by atoms with E-state index in [-0.39, 0.29) is 78.0 Å². The number of nitrogens with zero attached hydrogens (tertiary/aromatic N) is 6. The average Bonchev–Trinajstić information content (AvgIpc) is 0.805. The van der Waals surface area contributed by atoms with Gasteiger partial charge in [0.05, 0.1) is 61.9 Å². The number of methoxy groups -OCH3 is 3. The van der Waals surface area contributed by atoms with Crippen LogP contribution in [0, 0.1) is 88.9 Å². The van der Waals surface area contributed by atoms with Crippen LogP contribution in [-0.4, -0.2) is 117 Å². The second kappa shape index (κ2) is 56.7. The molecule has 0 saturated heterocycles. The Bertz CT molecular complexity index is 6320. The number of benzene rings is 12. The first-order valence-corrected chi connectivity index (χ1v) is 46.1. The first-order valence-electron chi connectivity index (χ1n) is 45.7. The van der Waals surface area contributed by atoms with Gasteiger partial charge in [0, 0.05) is 65.1 Å². The number of amides is 9. The topological polar surface area (TPSA) is 372 Å². The van der Waals surface area contributed by atoms with E-state index in [1.807, 2.05) is 193 Å². The third-order valence-corrected chi connectivity index (χ3v) is 22.1. The predicted octanol–water partition coefficient (Wildman–Crippen LogP) is 26.1. The number of hydrogen-bond donors (Lipinski definition) is 9. The van der Waals surface area contributed by atoms with Crippen LogP contribution in [-0.2, 0) is 60.0 Å². The number of anilines is 6. The van der Waals surface area contributed by atoms with Gasteiger partial charge in [-0.1, -0.05) is 180 Å². The zero-order valence-corrected chi connectivity index (χ0v) is 86.2. The minimum absolute atomic E-state index is 0.0189. The van der Waals surface area contributed by atoms with Gasteiger partial charge in [0.2, 0.25) is 0 Å². The number of carbonyl (C=O) groups excluding carboxylic acids is 6. The van der Waals surface area contributed by atoms with Gasteiger partial charge in [-0.05, 0) is 232 Å². The van der Waals surface area contributed by atoms with Crippen LogP contribution in [0.15, 0.2) is 218 Å². The van der Waals surface area contributed by atoms with E-state index in [0.717, 1.165) is 116 Å². The molecular formula is C109H124ClF6N9O22. The van der Waals surface area contributed by atoms with Crippen molar-refractivity contribution >= 4 is 82.1 Å². The molecule has 12 aromatic rings. The Labute approximate surface area is 855 Å². The summed E-state index contributed by atoms with van der Waals surface area (Å²) in [7, 11) is 7.49. The molecule has 0 atom stereocenters. The van der Waals surface area contributed by atoms with Crippen molar-refractivity contribution in [2.24, 2.45) is 0 Å². The Balaban J connectivity index is 0.000000239. The maximum atomic E-state index is 13.5. The van der Waals surface area contributed by atoms with Crippen molar-refractivity contribution in [3.05, 3.63) is 346 Å². The molecule has 786 valence electrons. The number of halogens is 7. The first-order chi connectivity index (χ1) is 69.6. The first kappa shape index (κ1) is 118. The van der Waals surface area contributed by atoms with Gasteiger partial charge in [-0.2, -0.15) is 43.6 Å². The molecule has 0 aliphatic rings. The molecule has 12 rings (SSSR count). The maximum absolute atomic E-state index is 13.5. The zero-order valence-electron chi connectivity index (χ0n) is 85.4. The summed E-state index contributed by atoms with van der Waals surface area (Å²) in [4.78, 5) is 69.8. The maximum Gasteiger partial charge on any atom is 0.438 e. The van der Waals surface area contributed by atoms with Gasteiger partial charge in [0.25, 0.3) is 6.43 Å². The van der Waals surface area contributed by atoms with Gasteiger partial charge in [-0.25, -0.2) is 41.9 Å². The molecule has 0 bridgehead atoms. The van der Waals surface area contributed by atoms with E-state index in [4.69, 9.17) is 44.8 Å². The summed E-state index contributed by atoms with van der Waals surface area (Å²) in [6, 6.07) is 59.2. The van der Waals surface area contributed by atoms with Crippen molar-refractivity contribution in [1.82, 2.24) is 16.0 Å². The van der Waals surface area contributed by atoms with E-state index in [2.05, 4.69) is 50.1 Å². The molecule has 9 amide bonds. The number of nitrogens with one attached hydrogen (secondary N) is 3. The van der Waals surface area contributed by atoms with Gasteiger partial charge < -0.3 is 63.3 Å². The molecule has 12 aromatic carbocycles. The second-order valence-electron chi connectivity index (χ2n) is 33.5. The molecule has 0 aliphatic carbocycles. The van der Waals surface area contributed by atoms with Crippen molar-refractivity contribution in [3.8, 4) is 40.2 Å². The summed E-state index contributed by atoms with van der Waals surface area (Å²) in [6.45, 7) is 30.0. The SMILES string of the molecule is CCOc1cccc(COc2ccc(C)cc2C)c1N(O)C(=O)OC.CNC(=O)N(O)c1ccc(C(C)C)cc1COc1ccc(C)cc1C.CNC(=O)N(O)c1ccc(Cl)cc1COc1ccc(C)cc1C.CNC(=O)N(O)c1ccc(F)cc1COc1ccc(C)cc1C.COC(=O)N(O)c1c(COc2ccc(C)cc2C)cccc1C(F)(F)F.COC(=O)N(O)c1c(COc2ccc(C)cc2C)cccc1C(F)F. The molecule has 0 spiro atoms. The lowest BCUT2D eigenvalue weighted by Gasteiger charge is -2.22. The van der Waals surface area contributed by atoms with Crippen molar-refractivity contribution < 1.29 is 134 Å². The summed E-state index contributed by atoms with van der Waals surface area (Å²) in [6.07, 6.45) is -11.1. The number of hydrogen-bond acceptors (Lipinski definition) is 22. The fourth-order valence-electron chi connectivity index (χ4n) is 14.5. The van der Waals surface area contributed by atoms with E-state index in [0.29, 0.717) is 88.9 Å². The Morgan fingerprint density at radius 2 is 0.633 bits per heavy atom. The number of aryl methyl sites for hydroxylation is 12. The van der Waals surface area contributed by atoms with E-state index >= 15 is 0 Å². The van der Waals surface area contributed by atoms with Gasteiger partial charge in [0.15, 0.2) is 0 Å². The van der Waals surface area contributed by atoms with E-state index in [1.165, 1.54) is 76.3 Å². The van der Waals surface area contributed by atoms with Crippen molar-refractivity contribution in [2.75, 3.05) is 79.5 Å². The van der Waals surface area contributed by atoms with Crippen LogP contribution in [0.25, 0.3) is 0 Å². The number of urea groups is 3. The highest BCUT2D eigenvalue weighted by Crippen LogP contribution is 2.42. The third-order valence-electron chi connectivity index (χ3n) is 21.9. The molecule has 0 radical (unpaired) electrons. The lowest BCUT2D eigenvalue weighted by Crippen LogP contribution is -2.36. The van der Waals surface area contributed by atoms with Crippen molar-refractivity contribution in [1.29, 1.82) is 0 Å². The molecule has 31 nitrogen and oxygen atoms in total. The average molecular weight is 2060 g/mol. The molecule has 9 N–H and O–H groups in total. The minimum Gasteiger partial charge on any atom is -0.492 e. The summed E-state index contributed by atoms with van der Waals surface area (Å²) in [5.74, 6) is 4.23. The predicted molar refractivity (Wildman–Crippen MR) is 547 cm³/mol. The molecule has 0 saturated carbocycles. The molecular weight excluding hydrogens is 1940 g/mol. The molecule has 0 aromatic heterocycles. The highest BCUT2D eigenvalue weighted by Gasteiger charge is 2.38. The highest BCUT2D eigenvalue weighted by atomic mass is 35.5. The van der Waals surface area contributed by atoms with Crippen LogP contribution in [0.4, 0.5) is 89.2 Å². The molecule has 0 aliphatic heterocycles. The largest absolute Gasteiger partial charge is 0.492 e. The summed E-state index contributed by atoms with van der Waals surface area (Å²) < 4.78 is 133. The van der Waals surface area contributed by atoms with Crippen molar-refractivity contribution in [2.45, 2.75) is 162 Å². The smallest absolute Gasteiger partial charge is 0.438 e. The van der Waals surface area contributed by atoms with Gasteiger partial charge >= 0.3 is 42.5 Å². The number of ether oxygens (including phenoxy) is 10. The fraction of sp³-hybridized carbons (Fsp3) is 0.284. The third kappa shape index (κ3) is 34.3. The molecule has 0 heterocycles. The van der Waals surface area contributed by atoms with Gasteiger partial charge in [-0.3, -0.25) is 31.2 Å². The summed E-state index contributed by atoms with van der Waals surface area (Å²) in [5, 5.41) is 69.6. The molecule has 38 heteroatoms. The quantitative estimate of drug-likeness (QED) is 0.00952. The minimum atomic E-state index is -4.78. The number of hydroxylamine groups is 6. The van der Waals surface area contributed by atoms with Crippen LogP contribution in [0.5, 0.6) is 40.2 Å². The zero-order chi connectivity index (χ0) is 109. The van der Waals surface area contributed by atoms with Crippen LogP contribution in [0.2, 0.25) is 5.02 Å². The van der Waals surface area contributed by atoms with Crippen LogP contribution >= 0.6 is 11.6 Å². The Kier molecular flexibility index (Phi) is 45.7. The van der Waals surface area contributed by atoms with E-state index < -0.39 is 71.6 Å². The summed E-state index contributed by atoms with van der Waals surface area (Å²) in [5.41, 5.74) is 14.4. The van der Waals surface area contributed by atoms with Crippen molar-refractivity contribution in [3.63, 3.8) is 0 Å². The van der Waals surface area contributed by atoms with Crippen LogP contribution in [0.1, 0.15) is 150 Å². The molecule has 147 heavy (non-hydrogen) atoms. The Morgan fingerprint density at radius 1 is 0.340 bits per heavy atom. The second-order valence-corrected chi connectivity index (χ2v) is 34.0. The number of rotatable bonds is 28. The van der Waals surface area contributed by atoms with Gasteiger partial charge in [0.1, 0.15) is 91.4 Å². The van der Waals surface area contributed by atoms with Gasteiger partial charge in [-0.15, -0.1) is 0 Å². The summed E-state index contributed by atoms with van der Waals surface area (Å²) >= 11 is 6.01. The Morgan fingerprint density at radius 3 is 0.952 bits per heavy atom. The molecule has 0 fully saturated rings. The normalized spacial score (nSPS) is 10.6. The lowest BCUT2D eigenvalue weighted by molar-refractivity contribution is -0.137. The fourth-order valence-corrected chi connectivity index (χ4v) is 14.7. The Hall–Kier alpha value is -15.5. The lowest BCUT2D eigenvalue weighted by atomic mass is 10.00.